The first kappa shape index (κ1) is 25.7. The van der Waals surface area contributed by atoms with Crippen LogP contribution in [0.5, 0.6) is 0 Å². The minimum Gasteiger partial charge on any atom is -0.459 e. The summed E-state index contributed by atoms with van der Waals surface area (Å²) in [5, 5.41) is 0.768. The number of sulfonamides is 1. The van der Waals surface area contributed by atoms with Crippen LogP contribution in [-0.4, -0.2) is 18.9 Å². The van der Waals surface area contributed by atoms with Gasteiger partial charge in [-0.3, -0.25) is 4.99 Å². The number of furan rings is 1. The van der Waals surface area contributed by atoms with E-state index in [1.54, 1.807) is 60.8 Å². The molecule has 1 heterocycles. The highest BCUT2D eigenvalue weighted by Crippen LogP contribution is 2.27. The van der Waals surface area contributed by atoms with E-state index in [1.165, 1.54) is 4.31 Å². The fourth-order valence-electron chi connectivity index (χ4n) is 3.34. The predicted molar refractivity (Wildman–Crippen MR) is 144 cm³/mol. The molecule has 0 aliphatic carbocycles. The van der Waals surface area contributed by atoms with Gasteiger partial charge in [0.2, 0.25) is 10.0 Å². The molecule has 0 unspecified atom stereocenters. The first-order chi connectivity index (χ1) is 16.7. The Morgan fingerprint density at radius 1 is 0.943 bits per heavy atom. The summed E-state index contributed by atoms with van der Waals surface area (Å²) in [4.78, 5) is 4.61. The van der Waals surface area contributed by atoms with Crippen LogP contribution in [-0.2, 0) is 23.1 Å². The van der Waals surface area contributed by atoms with Crippen LogP contribution in [0, 0.1) is 6.92 Å². The lowest BCUT2D eigenvalue weighted by Gasteiger charge is -2.22. The molecule has 4 aromatic rings. The Bertz CT molecular complexity index is 1470. The third-order valence-electron chi connectivity index (χ3n) is 5.17. The minimum atomic E-state index is -3.83. The van der Waals surface area contributed by atoms with Gasteiger partial charge in [0.25, 0.3) is 0 Å². The van der Waals surface area contributed by atoms with Crippen LogP contribution in [0.3, 0.4) is 0 Å². The minimum absolute atomic E-state index is 0.0289. The van der Waals surface area contributed by atoms with E-state index in [9.17, 15) is 8.42 Å². The highest BCUT2D eigenvalue weighted by molar-refractivity contribution is 9.10. The van der Waals surface area contributed by atoms with Gasteiger partial charge >= 0.3 is 0 Å². The maximum Gasteiger partial charge on any atom is 0.243 e. The zero-order chi connectivity index (χ0) is 25.0. The van der Waals surface area contributed by atoms with Gasteiger partial charge in [-0.25, -0.2) is 8.42 Å². The first-order valence-corrected chi connectivity index (χ1v) is 13.6. The number of aryl methyl sites for hydroxylation is 1. The number of aliphatic imine (C=N–C) groups is 1. The summed E-state index contributed by atoms with van der Waals surface area (Å²) in [6.45, 7) is 2.03. The molecule has 0 saturated heterocycles. The van der Waals surface area contributed by atoms with E-state index in [0.29, 0.717) is 27.1 Å². The van der Waals surface area contributed by atoms with Gasteiger partial charge in [-0.15, -0.1) is 0 Å². The van der Waals surface area contributed by atoms with Gasteiger partial charge < -0.3 is 4.42 Å². The predicted octanol–water partition coefficient (Wildman–Crippen LogP) is 7.80. The molecule has 1 aromatic heterocycles. The second kappa shape index (κ2) is 11.1. The molecular formula is C26H21BrCl2N2O3S. The Morgan fingerprint density at radius 2 is 1.71 bits per heavy atom. The summed E-state index contributed by atoms with van der Waals surface area (Å²) in [7, 11) is -3.83. The number of nitrogens with zero attached hydrogens (tertiary/aromatic N) is 2. The third kappa shape index (κ3) is 6.63. The second-order valence-electron chi connectivity index (χ2n) is 7.88. The summed E-state index contributed by atoms with van der Waals surface area (Å²) >= 11 is 15.6. The van der Waals surface area contributed by atoms with E-state index in [2.05, 4.69) is 20.9 Å². The lowest BCUT2D eigenvalue weighted by atomic mass is 10.2. The molecule has 0 aliphatic heterocycles. The smallest absolute Gasteiger partial charge is 0.243 e. The van der Waals surface area contributed by atoms with Gasteiger partial charge in [0.05, 0.1) is 33.4 Å². The average Bonchev–Trinajstić information content (AvgIpc) is 3.27. The Balaban J connectivity index is 1.61. The van der Waals surface area contributed by atoms with Crippen molar-refractivity contribution in [3.8, 4) is 0 Å². The van der Waals surface area contributed by atoms with Crippen LogP contribution in [0.1, 0.15) is 22.6 Å². The maximum absolute atomic E-state index is 13.5. The van der Waals surface area contributed by atoms with E-state index >= 15 is 0 Å². The maximum atomic E-state index is 13.5. The van der Waals surface area contributed by atoms with Crippen LogP contribution in [0.25, 0.3) is 0 Å². The molecule has 0 radical (unpaired) electrons. The van der Waals surface area contributed by atoms with Crippen LogP contribution in [0.2, 0.25) is 10.0 Å². The van der Waals surface area contributed by atoms with Crippen molar-refractivity contribution >= 4 is 61.1 Å². The molecule has 0 N–H and O–H groups in total. The molecule has 0 bridgehead atoms. The van der Waals surface area contributed by atoms with Crippen molar-refractivity contribution in [2.24, 2.45) is 4.99 Å². The summed E-state index contributed by atoms with van der Waals surface area (Å²) in [6, 6.07) is 22.9. The summed E-state index contributed by atoms with van der Waals surface area (Å²) < 4.78 is 35.3. The SMILES string of the molecule is Cc1ccc(S(=O)(=O)N(Cc2ccc(Cl)c(Cl)c2)Cc2ccc(C=Nc3cccc(Br)c3)o2)cc1. The normalized spacial score (nSPS) is 12.0. The molecule has 35 heavy (non-hydrogen) atoms. The van der Waals surface area contributed by atoms with E-state index < -0.39 is 10.0 Å². The van der Waals surface area contributed by atoms with Crippen molar-refractivity contribution in [2.45, 2.75) is 24.9 Å². The van der Waals surface area contributed by atoms with Crippen LogP contribution in [0.15, 0.2) is 97.6 Å². The monoisotopic (exact) mass is 590 g/mol. The third-order valence-corrected chi connectivity index (χ3v) is 8.20. The molecule has 0 atom stereocenters. The van der Waals surface area contributed by atoms with Gasteiger partial charge in [-0.05, 0) is 67.1 Å². The molecule has 0 spiro atoms. The Hall–Kier alpha value is -2.42. The number of hydrogen-bond acceptors (Lipinski definition) is 4. The van der Waals surface area contributed by atoms with E-state index in [4.69, 9.17) is 27.6 Å². The fraction of sp³-hybridized carbons (Fsp3) is 0.115. The Morgan fingerprint density at radius 3 is 2.43 bits per heavy atom. The zero-order valence-electron chi connectivity index (χ0n) is 18.7. The molecular weight excluding hydrogens is 571 g/mol. The summed E-state index contributed by atoms with van der Waals surface area (Å²) in [6.07, 6.45) is 1.60. The molecule has 5 nitrogen and oxygen atoms in total. The number of rotatable bonds is 8. The topological polar surface area (TPSA) is 62.9 Å². The highest BCUT2D eigenvalue weighted by Gasteiger charge is 2.26. The zero-order valence-corrected chi connectivity index (χ0v) is 22.6. The summed E-state index contributed by atoms with van der Waals surface area (Å²) in [5.41, 5.74) is 2.44. The second-order valence-corrected chi connectivity index (χ2v) is 11.5. The van der Waals surface area contributed by atoms with Crippen molar-refractivity contribution < 1.29 is 12.8 Å². The van der Waals surface area contributed by atoms with Crippen molar-refractivity contribution in [1.29, 1.82) is 0 Å². The molecule has 4 rings (SSSR count). The number of hydrogen-bond donors (Lipinski definition) is 0. The summed E-state index contributed by atoms with van der Waals surface area (Å²) in [5.74, 6) is 0.999. The number of benzene rings is 3. The lowest BCUT2D eigenvalue weighted by molar-refractivity contribution is 0.357. The fourth-order valence-corrected chi connectivity index (χ4v) is 5.45. The Kier molecular flexibility index (Phi) is 8.14. The average molecular weight is 592 g/mol. The van der Waals surface area contributed by atoms with Gasteiger partial charge in [0, 0.05) is 11.0 Å². The molecule has 0 saturated carbocycles. The van der Waals surface area contributed by atoms with Gasteiger partial charge in [0.15, 0.2) is 0 Å². The standard InChI is InChI=1S/C26H21BrCl2N2O3S/c1-18-5-10-24(11-6-18)35(32,33)31(16-19-7-12-25(28)26(29)13-19)17-23-9-8-22(34-23)15-30-21-4-2-3-20(27)14-21/h2-15H,16-17H2,1H3. The van der Waals surface area contributed by atoms with Crippen molar-refractivity contribution in [1.82, 2.24) is 4.31 Å². The lowest BCUT2D eigenvalue weighted by Crippen LogP contribution is -2.30. The first-order valence-electron chi connectivity index (χ1n) is 10.6. The van der Waals surface area contributed by atoms with Crippen molar-refractivity contribution in [2.75, 3.05) is 0 Å². The van der Waals surface area contributed by atoms with Gasteiger partial charge in [-0.2, -0.15) is 4.31 Å². The van der Waals surface area contributed by atoms with Gasteiger partial charge in [-0.1, -0.05) is 69.0 Å². The number of halogens is 3. The van der Waals surface area contributed by atoms with Crippen LogP contribution >= 0.6 is 39.1 Å². The molecule has 0 fully saturated rings. The van der Waals surface area contributed by atoms with Crippen molar-refractivity contribution in [3.63, 3.8) is 0 Å². The molecule has 9 heteroatoms. The van der Waals surface area contributed by atoms with Gasteiger partial charge in [0.1, 0.15) is 11.5 Å². The largest absolute Gasteiger partial charge is 0.459 e. The molecule has 3 aromatic carbocycles. The van der Waals surface area contributed by atoms with Crippen LogP contribution < -0.4 is 0 Å². The van der Waals surface area contributed by atoms with E-state index in [-0.39, 0.29) is 18.0 Å². The molecule has 180 valence electrons. The van der Waals surface area contributed by atoms with Crippen LogP contribution in [0.4, 0.5) is 5.69 Å². The Labute approximate surface area is 223 Å². The van der Waals surface area contributed by atoms with E-state index in [1.807, 2.05) is 31.2 Å². The van der Waals surface area contributed by atoms with E-state index in [0.717, 1.165) is 15.7 Å². The van der Waals surface area contributed by atoms with Crippen molar-refractivity contribution in [3.05, 3.63) is 116 Å². The quantitative estimate of drug-likeness (QED) is 0.196. The molecule has 0 amide bonds. The molecule has 0 aliphatic rings. The highest BCUT2D eigenvalue weighted by atomic mass is 79.9.